The average molecular weight is 353 g/mol. The number of piperidine rings is 1. The Labute approximate surface area is 147 Å². The molecule has 2 aliphatic heterocycles. The first-order chi connectivity index (χ1) is 11.7. The molecule has 2 amide bonds. The molecule has 3 rings (SSSR count). The third-order valence-corrected chi connectivity index (χ3v) is 5.80. The molecule has 0 aliphatic carbocycles. The predicted molar refractivity (Wildman–Crippen MR) is 94.1 cm³/mol. The molecule has 3 heterocycles. The van der Waals surface area contributed by atoms with Crippen LogP contribution in [0, 0.1) is 6.92 Å². The SMILES string of the molecule is CC[C@H](NC(=O)N1CCC(N2CCSCC2)CC1)c1nc(C)no1. The standard InChI is InChI=1S/C16H27N5O2S/c1-3-14(15-17-12(2)19-23-15)18-16(22)21-6-4-13(5-7-21)20-8-10-24-11-9-20/h13-14H,3-11H2,1-2H3,(H,18,22)/t14-/m0/s1. The first kappa shape index (κ1) is 17.5. The summed E-state index contributed by atoms with van der Waals surface area (Å²) in [6, 6.07) is 0.399. The summed E-state index contributed by atoms with van der Waals surface area (Å²) in [6.07, 6.45) is 2.86. The zero-order valence-corrected chi connectivity index (χ0v) is 15.3. The van der Waals surface area contributed by atoms with Gasteiger partial charge in [-0.3, -0.25) is 4.90 Å². The van der Waals surface area contributed by atoms with Crippen molar-refractivity contribution in [1.29, 1.82) is 0 Å². The molecule has 0 radical (unpaired) electrons. The van der Waals surface area contributed by atoms with Crippen molar-refractivity contribution in [3.8, 4) is 0 Å². The molecule has 1 aromatic rings. The first-order valence-corrected chi connectivity index (χ1v) is 10.00. The summed E-state index contributed by atoms with van der Waals surface area (Å²) in [5.41, 5.74) is 0. The van der Waals surface area contributed by atoms with Crippen LogP contribution in [0.3, 0.4) is 0 Å². The molecular weight excluding hydrogens is 326 g/mol. The van der Waals surface area contributed by atoms with E-state index in [0.29, 0.717) is 17.8 Å². The van der Waals surface area contributed by atoms with Crippen LogP contribution in [0.1, 0.15) is 43.9 Å². The highest BCUT2D eigenvalue weighted by molar-refractivity contribution is 7.99. The third kappa shape index (κ3) is 4.22. The summed E-state index contributed by atoms with van der Waals surface area (Å²) in [5.74, 6) is 3.56. The number of aryl methyl sites for hydroxylation is 1. The maximum atomic E-state index is 12.5. The Bertz CT molecular complexity index is 538. The quantitative estimate of drug-likeness (QED) is 0.893. The van der Waals surface area contributed by atoms with E-state index in [1.54, 1.807) is 6.92 Å². The number of nitrogens with one attached hydrogen (secondary N) is 1. The van der Waals surface area contributed by atoms with E-state index in [1.807, 2.05) is 23.6 Å². The normalized spacial score (nSPS) is 21.7. The molecule has 134 valence electrons. The van der Waals surface area contributed by atoms with Gasteiger partial charge >= 0.3 is 6.03 Å². The number of thioether (sulfide) groups is 1. The van der Waals surface area contributed by atoms with E-state index >= 15 is 0 Å². The molecular formula is C16H27N5O2S. The van der Waals surface area contributed by atoms with Crippen molar-refractivity contribution in [3.05, 3.63) is 11.7 Å². The van der Waals surface area contributed by atoms with Gasteiger partial charge in [-0.25, -0.2) is 4.79 Å². The first-order valence-electron chi connectivity index (χ1n) is 8.84. The van der Waals surface area contributed by atoms with Crippen LogP contribution in [0.25, 0.3) is 0 Å². The summed E-state index contributed by atoms with van der Waals surface area (Å²) < 4.78 is 5.20. The molecule has 7 nitrogen and oxygen atoms in total. The maximum Gasteiger partial charge on any atom is 0.318 e. The Kier molecular flexibility index (Phi) is 5.99. The highest BCUT2D eigenvalue weighted by atomic mass is 32.2. The fourth-order valence-electron chi connectivity index (χ4n) is 3.41. The fraction of sp³-hybridized carbons (Fsp3) is 0.812. The van der Waals surface area contributed by atoms with E-state index in [1.165, 1.54) is 24.6 Å². The predicted octanol–water partition coefficient (Wildman–Crippen LogP) is 2.05. The second-order valence-corrected chi connectivity index (χ2v) is 7.68. The van der Waals surface area contributed by atoms with Gasteiger partial charge in [0.15, 0.2) is 5.82 Å². The molecule has 1 aromatic heterocycles. The van der Waals surface area contributed by atoms with Crippen molar-refractivity contribution in [2.75, 3.05) is 37.7 Å². The maximum absolute atomic E-state index is 12.5. The number of nitrogens with zero attached hydrogens (tertiary/aromatic N) is 4. The zero-order chi connectivity index (χ0) is 16.9. The van der Waals surface area contributed by atoms with Gasteiger partial charge in [-0.2, -0.15) is 16.7 Å². The van der Waals surface area contributed by atoms with Crippen molar-refractivity contribution in [1.82, 2.24) is 25.3 Å². The number of aromatic nitrogens is 2. The van der Waals surface area contributed by atoms with Gasteiger partial charge in [0.2, 0.25) is 5.89 Å². The van der Waals surface area contributed by atoms with Gasteiger partial charge in [-0.15, -0.1) is 0 Å². The Balaban J connectivity index is 1.49. The Morgan fingerprint density at radius 2 is 2.04 bits per heavy atom. The molecule has 0 saturated carbocycles. The lowest BCUT2D eigenvalue weighted by atomic mass is 10.0. The van der Waals surface area contributed by atoms with Gasteiger partial charge in [-0.05, 0) is 26.2 Å². The van der Waals surface area contributed by atoms with Crippen LogP contribution in [-0.2, 0) is 0 Å². The Hall–Kier alpha value is -1.28. The van der Waals surface area contributed by atoms with E-state index in [2.05, 4.69) is 20.4 Å². The van der Waals surface area contributed by atoms with Crippen LogP contribution in [0.2, 0.25) is 0 Å². The lowest BCUT2D eigenvalue weighted by Crippen LogP contribution is -2.51. The van der Waals surface area contributed by atoms with Crippen molar-refractivity contribution < 1.29 is 9.32 Å². The topological polar surface area (TPSA) is 74.5 Å². The molecule has 2 fully saturated rings. The Morgan fingerprint density at radius 1 is 1.33 bits per heavy atom. The number of carbonyl (C=O) groups excluding carboxylic acids is 1. The van der Waals surface area contributed by atoms with E-state index in [-0.39, 0.29) is 12.1 Å². The highest BCUT2D eigenvalue weighted by Crippen LogP contribution is 2.21. The summed E-state index contributed by atoms with van der Waals surface area (Å²) in [6.45, 7) is 7.81. The number of hydrogen-bond acceptors (Lipinski definition) is 6. The largest absolute Gasteiger partial charge is 0.337 e. The average Bonchev–Trinajstić information content (AvgIpc) is 3.06. The number of carbonyl (C=O) groups is 1. The van der Waals surface area contributed by atoms with Gasteiger partial charge in [0.25, 0.3) is 0 Å². The van der Waals surface area contributed by atoms with Crippen LogP contribution >= 0.6 is 11.8 Å². The van der Waals surface area contributed by atoms with Crippen LogP contribution in [0.15, 0.2) is 4.52 Å². The summed E-state index contributed by atoms with van der Waals surface area (Å²) in [4.78, 5) is 21.3. The number of hydrogen-bond donors (Lipinski definition) is 1. The summed E-state index contributed by atoms with van der Waals surface area (Å²) >= 11 is 2.04. The van der Waals surface area contributed by atoms with Crippen LogP contribution in [-0.4, -0.2) is 69.7 Å². The second-order valence-electron chi connectivity index (χ2n) is 6.46. The zero-order valence-electron chi connectivity index (χ0n) is 14.5. The monoisotopic (exact) mass is 353 g/mol. The molecule has 1 N–H and O–H groups in total. The smallest absolute Gasteiger partial charge is 0.318 e. The van der Waals surface area contributed by atoms with E-state index in [0.717, 1.165) is 32.4 Å². The van der Waals surface area contributed by atoms with Crippen LogP contribution in [0.4, 0.5) is 4.79 Å². The molecule has 0 bridgehead atoms. The van der Waals surface area contributed by atoms with Crippen molar-refractivity contribution in [3.63, 3.8) is 0 Å². The molecule has 0 aromatic carbocycles. The van der Waals surface area contributed by atoms with Crippen molar-refractivity contribution >= 4 is 17.8 Å². The van der Waals surface area contributed by atoms with E-state index < -0.39 is 0 Å². The van der Waals surface area contributed by atoms with Crippen molar-refractivity contribution in [2.45, 2.75) is 45.2 Å². The number of amides is 2. The number of rotatable bonds is 4. The fourth-order valence-corrected chi connectivity index (χ4v) is 4.34. The van der Waals surface area contributed by atoms with Crippen molar-refractivity contribution in [2.24, 2.45) is 0 Å². The number of urea groups is 1. The lowest BCUT2D eigenvalue weighted by molar-refractivity contribution is 0.122. The third-order valence-electron chi connectivity index (χ3n) is 4.86. The summed E-state index contributed by atoms with van der Waals surface area (Å²) in [5, 5.41) is 6.84. The second kappa shape index (κ2) is 8.20. The lowest BCUT2D eigenvalue weighted by Gasteiger charge is -2.40. The minimum atomic E-state index is -0.212. The van der Waals surface area contributed by atoms with Gasteiger partial charge in [-0.1, -0.05) is 12.1 Å². The summed E-state index contributed by atoms with van der Waals surface area (Å²) in [7, 11) is 0. The van der Waals surface area contributed by atoms with Gasteiger partial charge in [0.05, 0.1) is 0 Å². The van der Waals surface area contributed by atoms with Gasteiger partial charge < -0.3 is 14.7 Å². The molecule has 24 heavy (non-hydrogen) atoms. The molecule has 8 heteroatoms. The molecule has 2 aliphatic rings. The molecule has 0 spiro atoms. The molecule has 0 unspecified atom stereocenters. The van der Waals surface area contributed by atoms with E-state index in [9.17, 15) is 4.79 Å². The minimum Gasteiger partial charge on any atom is -0.337 e. The molecule has 2 saturated heterocycles. The van der Waals surface area contributed by atoms with Crippen LogP contribution in [0.5, 0.6) is 0 Å². The highest BCUT2D eigenvalue weighted by Gasteiger charge is 2.29. The number of likely N-dealkylation sites (tertiary alicyclic amines) is 1. The molecule has 1 atom stereocenters. The minimum absolute atomic E-state index is 0.0228. The van der Waals surface area contributed by atoms with Crippen LogP contribution < -0.4 is 5.32 Å². The Morgan fingerprint density at radius 3 is 2.62 bits per heavy atom. The van der Waals surface area contributed by atoms with E-state index in [4.69, 9.17) is 4.52 Å². The van der Waals surface area contributed by atoms with Gasteiger partial charge in [0, 0.05) is 43.7 Å². The van der Waals surface area contributed by atoms with Gasteiger partial charge in [0.1, 0.15) is 6.04 Å².